The molecule has 0 radical (unpaired) electrons. The van der Waals surface area contributed by atoms with Crippen LogP contribution in [-0.4, -0.2) is 43.3 Å². The van der Waals surface area contributed by atoms with Crippen molar-refractivity contribution in [1.29, 1.82) is 0 Å². The molecule has 2 aromatic rings. The van der Waals surface area contributed by atoms with E-state index in [1.165, 1.54) is 0 Å². The molecule has 0 saturated carbocycles. The van der Waals surface area contributed by atoms with Gasteiger partial charge in [0.25, 0.3) is 0 Å². The number of nitrogens with one attached hydrogen (secondary N) is 1. The van der Waals surface area contributed by atoms with E-state index >= 15 is 0 Å². The topological polar surface area (TPSA) is 84.9 Å². The number of benzene rings is 2. The van der Waals surface area contributed by atoms with Gasteiger partial charge in [0.05, 0.1) is 6.61 Å². The van der Waals surface area contributed by atoms with Gasteiger partial charge in [-0.2, -0.15) is 0 Å². The smallest absolute Gasteiger partial charge is 0.315 e. The molecule has 2 aromatic carbocycles. The monoisotopic (exact) mass is 357 g/mol. The maximum absolute atomic E-state index is 11.9. The lowest BCUT2D eigenvalue weighted by Gasteiger charge is -2.25. The van der Waals surface area contributed by atoms with Crippen molar-refractivity contribution in [2.45, 2.75) is 12.3 Å². The van der Waals surface area contributed by atoms with Gasteiger partial charge >= 0.3 is 5.97 Å². The molecule has 2 rings (SSSR count). The van der Waals surface area contributed by atoms with E-state index in [1.54, 1.807) is 31.2 Å². The Labute approximate surface area is 152 Å². The van der Waals surface area contributed by atoms with Crippen molar-refractivity contribution in [2.75, 3.05) is 26.4 Å². The Morgan fingerprint density at radius 3 is 2.23 bits per heavy atom. The minimum absolute atomic E-state index is 0.0188. The van der Waals surface area contributed by atoms with Crippen molar-refractivity contribution in [3.05, 3.63) is 66.2 Å². The van der Waals surface area contributed by atoms with Crippen LogP contribution >= 0.6 is 0 Å². The standard InChI is InChI=1S/C20H23NO5/c1-20(19(23)24,16-8-4-2-5-9-16)15-21-18(22)14-25-12-13-26-17-10-6-3-7-11-17/h2-11H,12-15H2,1H3,(H,21,22)(H,23,24). The molecule has 0 heterocycles. The van der Waals surface area contributed by atoms with Gasteiger partial charge in [-0.25, -0.2) is 0 Å². The average Bonchev–Trinajstić information content (AvgIpc) is 2.67. The van der Waals surface area contributed by atoms with Crippen molar-refractivity contribution < 1.29 is 24.2 Å². The predicted molar refractivity (Wildman–Crippen MR) is 97.2 cm³/mol. The number of carbonyl (C=O) groups is 2. The quantitative estimate of drug-likeness (QED) is 0.637. The summed E-state index contributed by atoms with van der Waals surface area (Å²) in [6.07, 6.45) is 0. The van der Waals surface area contributed by atoms with Crippen LogP contribution in [-0.2, 0) is 19.7 Å². The summed E-state index contributed by atoms with van der Waals surface area (Å²) in [5.74, 6) is -0.630. The normalized spacial score (nSPS) is 12.8. The lowest BCUT2D eigenvalue weighted by atomic mass is 9.82. The number of para-hydroxylation sites is 1. The van der Waals surface area contributed by atoms with E-state index in [9.17, 15) is 14.7 Å². The average molecular weight is 357 g/mol. The molecule has 0 bridgehead atoms. The van der Waals surface area contributed by atoms with E-state index in [0.717, 1.165) is 5.75 Å². The van der Waals surface area contributed by atoms with Crippen molar-refractivity contribution >= 4 is 11.9 Å². The van der Waals surface area contributed by atoms with Gasteiger partial charge < -0.3 is 19.9 Å². The Kier molecular flexibility index (Phi) is 7.17. The highest BCUT2D eigenvalue weighted by atomic mass is 16.5. The van der Waals surface area contributed by atoms with Crippen LogP contribution in [0, 0.1) is 0 Å². The molecule has 0 aliphatic carbocycles. The van der Waals surface area contributed by atoms with Crippen LogP contribution in [0.25, 0.3) is 0 Å². The fourth-order valence-corrected chi connectivity index (χ4v) is 2.33. The Balaban J connectivity index is 1.72. The van der Waals surface area contributed by atoms with Crippen molar-refractivity contribution in [3.63, 3.8) is 0 Å². The molecule has 1 unspecified atom stereocenters. The third-order valence-corrected chi connectivity index (χ3v) is 3.99. The van der Waals surface area contributed by atoms with Crippen LogP contribution in [0.5, 0.6) is 5.75 Å². The third kappa shape index (κ3) is 5.60. The number of hydrogen-bond donors (Lipinski definition) is 2. The molecule has 138 valence electrons. The maximum atomic E-state index is 11.9. The van der Waals surface area contributed by atoms with E-state index < -0.39 is 11.4 Å². The van der Waals surface area contributed by atoms with Gasteiger partial charge in [-0.15, -0.1) is 0 Å². The van der Waals surface area contributed by atoms with Crippen molar-refractivity contribution in [3.8, 4) is 5.75 Å². The Morgan fingerprint density at radius 1 is 1.00 bits per heavy atom. The summed E-state index contributed by atoms with van der Waals surface area (Å²) < 4.78 is 10.7. The van der Waals surface area contributed by atoms with E-state index in [1.807, 2.05) is 36.4 Å². The zero-order valence-corrected chi connectivity index (χ0v) is 14.7. The molecular weight excluding hydrogens is 334 g/mol. The molecule has 1 atom stereocenters. The maximum Gasteiger partial charge on any atom is 0.315 e. The summed E-state index contributed by atoms with van der Waals surface area (Å²) in [6.45, 7) is 2.00. The lowest BCUT2D eigenvalue weighted by molar-refractivity contribution is -0.143. The van der Waals surface area contributed by atoms with Gasteiger partial charge in [-0.1, -0.05) is 48.5 Å². The number of carboxylic acid groups (broad SMARTS) is 1. The number of aliphatic carboxylic acids is 1. The summed E-state index contributed by atoms with van der Waals surface area (Å²) in [7, 11) is 0. The first kappa shape index (κ1) is 19.5. The second-order valence-corrected chi connectivity index (χ2v) is 5.99. The number of carbonyl (C=O) groups excluding carboxylic acids is 1. The molecule has 6 heteroatoms. The van der Waals surface area contributed by atoms with Crippen molar-refractivity contribution in [1.82, 2.24) is 5.32 Å². The summed E-state index contributed by atoms with van der Waals surface area (Å²) >= 11 is 0. The first-order chi connectivity index (χ1) is 12.5. The van der Waals surface area contributed by atoms with Gasteiger partial charge in [0.1, 0.15) is 24.4 Å². The molecule has 0 aromatic heterocycles. The van der Waals surface area contributed by atoms with E-state index in [2.05, 4.69) is 5.32 Å². The second kappa shape index (κ2) is 9.58. The van der Waals surface area contributed by atoms with Gasteiger partial charge in [-0.3, -0.25) is 9.59 Å². The van der Waals surface area contributed by atoms with Gasteiger partial charge in [-0.05, 0) is 24.6 Å². The number of ether oxygens (including phenoxy) is 2. The number of amides is 1. The summed E-state index contributed by atoms with van der Waals surface area (Å²) in [5, 5.41) is 12.2. The highest BCUT2D eigenvalue weighted by Gasteiger charge is 2.35. The SMILES string of the molecule is CC(CNC(=O)COCCOc1ccccc1)(C(=O)O)c1ccccc1. The zero-order chi connectivity index (χ0) is 18.8. The summed E-state index contributed by atoms with van der Waals surface area (Å²) in [5.41, 5.74) is -0.571. The van der Waals surface area contributed by atoms with Crippen LogP contribution in [0.1, 0.15) is 12.5 Å². The number of rotatable bonds is 10. The van der Waals surface area contributed by atoms with E-state index in [0.29, 0.717) is 12.2 Å². The first-order valence-corrected chi connectivity index (χ1v) is 8.33. The number of carboxylic acids is 1. The largest absolute Gasteiger partial charge is 0.491 e. The van der Waals surface area contributed by atoms with Gasteiger partial charge in [0, 0.05) is 6.54 Å². The number of hydrogen-bond acceptors (Lipinski definition) is 4. The fourth-order valence-electron chi connectivity index (χ4n) is 2.33. The molecule has 0 aliphatic heterocycles. The minimum atomic E-state index is -1.20. The molecule has 1 amide bonds. The van der Waals surface area contributed by atoms with Crippen molar-refractivity contribution in [2.24, 2.45) is 0 Å². The lowest BCUT2D eigenvalue weighted by Crippen LogP contribution is -2.45. The highest BCUT2D eigenvalue weighted by Crippen LogP contribution is 2.23. The van der Waals surface area contributed by atoms with E-state index in [4.69, 9.17) is 9.47 Å². The molecule has 6 nitrogen and oxygen atoms in total. The third-order valence-electron chi connectivity index (χ3n) is 3.99. The van der Waals surface area contributed by atoms with Crippen LogP contribution in [0.3, 0.4) is 0 Å². The molecule has 0 aliphatic rings. The first-order valence-electron chi connectivity index (χ1n) is 8.33. The molecule has 0 fully saturated rings. The highest BCUT2D eigenvalue weighted by molar-refractivity contribution is 5.83. The molecule has 0 spiro atoms. The summed E-state index contributed by atoms with van der Waals surface area (Å²) in [4.78, 5) is 23.6. The van der Waals surface area contributed by atoms with Crippen LogP contribution in [0.4, 0.5) is 0 Å². The fraction of sp³-hybridized carbons (Fsp3) is 0.300. The van der Waals surface area contributed by atoms with Gasteiger partial charge in [0.2, 0.25) is 5.91 Å². The Morgan fingerprint density at radius 2 is 1.62 bits per heavy atom. The van der Waals surface area contributed by atoms with Crippen LogP contribution in [0.15, 0.2) is 60.7 Å². The minimum Gasteiger partial charge on any atom is -0.491 e. The Bertz CT molecular complexity index is 705. The molecule has 0 saturated heterocycles. The Hall–Kier alpha value is -2.86. The predicted octanol–water partition coefficient (Wildman–Crippen LogP) is 2.24. The molecular formula is C20H23NO5. The summed E-state index contributed by atoms with van der Waals surface area (Å²) in [6, 6.07) is 18.1. The van der Waals surface area contributed by atoms with Crippen LogP contribution in [0.2, 0.25) is 0 Å². The molecule has 2 N–H and O–H groups in total. The van der Waals surface area contributed by atoms with Crippen LogP contribution < -0.4 is 10.1 Å². The zero-order valence-electron chi connectivity index (χ0n) is 14.7. The second-order valence-electron chi connectivity index (χ2n) is 5.99. The molecule has 26 heavy (non-hydrogen) atoms. The van der Waals surface area contributed by atoms with E-state index in [-0.39, 0.29) is 25.7 Å². The van der Waals surface area contributed by atoms with Gasteiger partial charge in [0.15, 0.2) is 0 Å².